The molecule has 3 aliphatic carbocycles. The normalized spacial score (nSPS) is 24.8. The summed E-state index contributed by atoms with van der Waals surface area (Å²) in [5.41, 5.74) is -3.70. The van der Waals surface area contributed by atoms with Crippen molar-refractivity contribution in [2.45, 2.75) is 31.1 Å². The van der Waals surface area contributed by atoms with Crippen molar-refractivity contribution in [2.75, 3.05) is 12.0 Å². The molecule has 2 aromatic carbocycles. The number of ketones is 2. The van der Waals surface area contributed by atoms with E-state index < -0.39 is 76.2 Å². The zero-order valence-corrected chi connectivity index (χ0v) is 26.4. The molecular weight excluding hydrogens is 756 g/mol. The van der Waals surface area contributed by atoms with E-state index in [1.165, 1.54) is 19.2 Å². The Morgan fingerprint density at radius 3 is 2.11 bits per heavy atom. The Morgan fingerprint density at radius 1 is 0.891 bits per heavy atom. The number of benzene rings is 2. The molecule has 2 amide bonds. The first-order valence-corrected chi connectivity index (χ1v) is 15.2. The number of allylic oxidation sites excluding steroid dienone is 6. The number of halogens is 8. The lowest BCUT2D eigenvalue weighted by atomic mass is 9.59. The van der Waals surface area contributed by atoms with Gasteiger partial charge in [0.1, 0.15) is 0 Å². The maximum Gasteiger partial charge on any atom is 0.416 e. The molecular formula is C31H19Br2F6NO6. The van der Waals surface area contributed by atoms with Gasteiger partial charge in [0.25, 0.3) is 0 Å². The Kier molecular flexibility index (Phi) is 7.66. The Labute approximate surface area is 272 Å². The van der Waals surface area contributed by atoms with Crippen LogP contribution in [0.4, 0.5) is 32.0 Å². The quantitative estimate of drug-likeness (QED) is 0.154. The molecule has 7 nitrogen and oxygen atoms in total. The van der Waals surface area contributed by atoms with Crippen LogP contribution < -0.4 is 9.64 Å². The summed E-state index contributed by atoms with van der Waals surface area (Å²) in [6.45, 7) is 0. The van der Waals surface area contributed by atoms with E-state index in [1.54, 1.807) is 6.08 Å². The summed E-state index contributed by atoms with van der Waals surface area (Å²) in [7, 11) is 1.30. The summed E-state index contributed by atoms with van der Waals surface area (Å²) in [6, 6.07) is 3.50. The van der Waals surface area contributed by atoms with Crippen LogP contribution in [0.1, 0.15) is 35.4 Å². The number of amides is 2. The predicted octanol–water partition coefficient (Wildman–Crippen LogP) is 7.17. The molecule has 0 saturated carbocycles. The van der Waals surface area contributed by atoms with Crippen molar-refractivity contribution in [1.82, 2.24) is 0 Å². The van der Waals surface area contributed by atoms with Gasteiger partial charge >= 0.3 is 12.4 Å². The molecule has 1 aliphatic heterocycles. The van der Waals surface area contributed by atoms with Gasteiger partial charge in [-0.3, -0.25) is 19.2 Å². The first kappa shape index (κ1) is 32.2. The highest BCUT2D eigenvalue weighted by molar-refractivity contribution is 9.12. The van der Waals surface area contributed by atoms with Gasteiger partial charge in [-0.05, 0) is 65.0 Å². The molecule has 6 rings (SSSR count). The van der Waals surface area contributed by atoms with Crippen molar-refractivity contribution in [3.05, 3.63) is 84.8 Å². The fourth-order valence-corrected chi connectivity index (χ4v) is 7.76. The number of Topliss-reactive ketones (excluding diaryl/α,β-unsaturated/α-hetero) is 1. The Bertz CT molecular complexity index is 1830. The SMILES string of the molecule is COc1cc(Br)cc([C@H]2C3=CC[C@@H]4C(=O)N(c5cc(C(F)(F)F)cc(C(F)(F)F)c5)C(=O)[C@@H]4[C@@H]3CC3=C2C(=O)C=C(Br)C3=O)c1O. The third-order valence-electron chi connectivity index (χ3n) is 8.76. The second kappa shape index (κ2) is 10.9. The van der Waals surface area contributed by atoms with Gasteiger partial charge in [-0.15, -0.1) is 0 Å². The highest BCUT2D eigenvalue weighted by atomic mass is 79.9. The average Bonchev–Trinajstić information content (AvgIpc) is 3.24. The maximum atomic E-state index is 14.0. The molecule has 1 N–H and O–H groups in total. The van der Waals surface area contributed by atoms with Crippen LogP contribution in [-0.2, 0) is 31.5 Å². The van der Waals surface area contributed by atoms with Gasteiger partial charge in [-0.2, -0.15) is 26.3 Å². The van der Waals surface area contributed by atoms with E-state index in [1.807, 2.05) is 0 Å². The van der Waals surface area contributed by atoms with Gasteiger partial charge in [0.2, 0.25) is 11.8 Å². The van der Waals surface area contributed by atoms with Crippen molar-refractivity contribution in [3.63, 3.8) is 0 Å². The topological polar surface area (TPSA) is 101 Å². The third kappa shape index (κ3) is 5.02. The van der Waals surface area contributed by atoms with Gasteiger partial charge < -0.3 is 9.84 Å². The minimum atomic E-state index is -5.22. The predicted molar refractivity (Wildman–Crippen MR) is 156 cm³/mol. The minimum absolute atomic E-state index is 0.00245. The van der Waals surface area contributed by atoms with E-state index in [9.17, 15) is 50.6 Å². The lowest BCUT2D eigenvalue weighted by molar-refractivity contribution is -0.143. The van der Waals surface area contributed by atoms with E-state index in [4.69, 9.17) is 4.74 Å². The fraction of sp³-hybridized carbons (Fsp3) is 0.290. The third-order valence-corrected chi connectivity index (χ3v) is 9.81. The second-order valence-electron chi connectivity index (χ2n) is 11.2. The summed E-state index contributed by atoms with van der Waals surface area (Å²) in [4.78, 5) is 54.8. The maximum absolute atomic E-state index is 14.0. The van der Waals surface area contributed by atoms with Crippen LogP contribution in [0, 0.1) is 17.8 Å². The molecule has 1 heterocycles. The molecule has 0 unspecified atom stereocenters. The van der Waals surface area contributed by atoms with E-state index in [0.29, 0.717) is 27.1 Å². The molecule has 1 saturated heterocycles. The van der Waals surface area contributed by atoms with Crippen LogP contribution in [0.3, 0.4) is 0 Å². The first-order valence-electron chi connectivity index (χ1n) is 13.6. The van der Waals surface area contributed by atoms with Crippen molar-refractivity contribution in [2.24, 2.45) is 17.8 Å². The molecule has 1 fully saturated rings. The van der Waals surface area contributed by atoms with Gasteiger partial charge in [0.05, 0.1) is 40.2 Å². The van der Waals surface area contributed by atoms with Crippen molar-refractivity contribution >= 4 is 60.9 Å². The summed E-state index contributed by atoms with van der Waals surface area (Å²) >= 11 is 6.42. The van der Waals surface area contributed by atoms with Crippen LogP contribution >= 0.6 is 31.9 Å². The minimum Gasteiger partial charge on any atom is -0.504 e. The summed E-state index contributed by atoms with van der Waals surface area (Å²) in [5.74, 6) is -8.04. The lowest BCUT2D eigenvalue weighted by Gasteiger charge is -2.42. The van der Waals surface area contributed by atoms with Gasteiger partial charge in [-0.1, -0.05) is 27.6 Å². The van der Waals surface area contributed by atoms with E-state index in [0.717, 1.165) is 6.08 Å². The molecule has 15 heteroatoms. The number of fused-ring (bicyclic) bond motifs is 3. The van der Waals surface area contributed by atoms with Crippen LogP contribution in [0.2, 0.25) is 0 Å². The van der Waals surface area contributed by atoms with Crippen LogP contribution in [0.15, 0.2) is 68.2 Å². The van der Waals surface area contributed by atoms with Gasteiger partial charge in [0, 0.05) is 33.2 Å². The van der Waals surface area contributed by atoms with Crippen LogP contribution in [-0.4, -0.2) is 35.6 Å². The standard InChI is InChI=1S/C31H19Br2F6NO6/c1-46-22-8-13(32)7-18(27(22)43)23-15-2-3-16-24(17(15)9-19-25(23)21(41)10-20(33)26(19)42)29(45)40(28(16)44)14-5-11(30(34,35)36)4-12(6-14)31(37,38)39/h2,4-8,10,16-17,23-24,43H,3,9H2,1H3/t16-,17+,23+,24-/m0/s1. The zero-order valence-electron chi connectivity index (χ0n) is 23.2. The number of nitrogens with zero attached hydrogens (tertiary/aromatic N) is 1. The Balaban J connectivity index is 1.51. The van der Waals surface area contributed by atoms with Crippen molar-refractivity contribution in [1.29, 1.82) is 0 Å². The number of rotatable bonds is 3. The summed E-state index contributed by atoms with van der Waals surface area (Å²) in [6.07, 6.45) is -8.13. The summed E-state index contributed by atoms with van der Waals surface area (Å²) < 4.78 is 87.5. The van der Waals surface area contributed by atoms with Crippen molar-refractivity contribution < 1.29 is 55.4 Å². The van der Waals surface area contributed by atoms with E-state index in [2.05, 4.69) is 31.9 Å². The number of hydrogen-bond donors (Lipinski definition) is 1. The molecule has 4 aliphatic rings. The molecule has 240 valence electrons. The van der Waals surface area contributed by atoms with Crippen LogP contribution in [0.25, 0.3) is 0 Å². The number of phenols is 1. The number of carbonyl (C=O) groups excluding carboxylic acids is 4. The number of alkyl halides is 6. The lowest BCUT2D eigenvalue weighted by Crippen LogP contribution is -2.39. The Morgan fingerprint density at radius 2 is 1.52 bits per heavy atom. The molecule has 0 bridgehead atoms. The molecule has 0 spiro atoms. The highest BCUT2D eigenvalue weighted by Crippen LogP contribution is 2.57. The smallest absolute Gasteiger partial charge is 0.416 e. The number of ether oxygens (including phenoxy) is 1. The van der Waals surface area contributed by atoms with Crippen LogP contribution in [0.5, 0.6) is 11.5 Å². The molecule has 46 heavy (non-hydrogen) atoms. The number of aromatic hydroxyl groups is 1. The fourth-order valence-electron chi connectivity index (χ4n) is 6.85. The number of anilines is 1. The number of carbonyl (C=O) groups is 4. The monoisotopic (exact) mass is 773 g/mol. The molecule has 2 aromatic rings. The zero-order chi connectivity index (χ0) is 33.6. The number of hydrogen-bond acceptors (Lipinski definition) is 6. The van der Waals surface area contributed by atoms with Gasteiger partial charge in [0.15, 0.2) is 23.1 Å². The second-order valence-corrected chi connectivity index (χ2v) is 13.0. The molecule has 4 atom stereocenters. The number of imide groups is 1. The van der Waals surface area contributed by atoms with Crippen molar-refractivity contribution in [3.8, 4) is 11.5 Å². The molecule has 0 aromatic heterocycles. The van der Waals surface area contributed by atoms with Gasteiger partial charge in [-0.25, -0.2) is 4.90 Å². The van der Waals surface area contributed by atoms with E-state index >= 15 is 0 Å². The van der Waals surface area contributed by atoms with E-state index in [-0.39, 0.29) is 51.6 Å². The number of phenolic OH excluding ortho intramolecular Hbond substituents is 1. The highest BCUT2D eigenvalue weighted by Gasteiger charge is 2.57. The molecule has 0 radical (unpaired) electrons. The number of methoxy groups -OCH3 is 1. The Hall–Kier alpha value is -3.72. The average molecular weight is 775 g/mol. The summed E-state index contributed by atoms with van der Waals surface area (Å²) in [5, 5.41) is 11.2. The largest absolute Gasteiger partial charge is 0.504 e. The first-order chi connectivity index (χ1) is 21.4.